The molecule has 2 N–H and O–H groups in total. The highest BCUT2D eigenvalue weighted by Gasteiger charge is 2.44. The number of hydrogen-bond donors (Lipinski definition) is 2. The Labute approximate surface area is 136 Å². The molecular weight excluding hydrogens is 296 g/mol. The largest absolute Gasteiger partial charge is 0.481 e. The van der Waals surface area contributed by atoms with Crippen LogP contribution >= 0.6 is 0 Å². The fourth-order valence-electron chi connectivity index (χ4n) is 2.92. The Morgan fingerprint density at radius 3 is 2.57 bits per heavy atom. The molecular formula is C16H24N4O3. The first-order valence-corrected chi connectivity index (χ1v) is 7.86. The summed E-state index contributed by atoms with van der Waals surface area (Å²) < 4.78 is 5.03. The van der Waals surface area contributed by atoms with Crippen LogP contribution in [-0.2, 0) is 4.79 Å². The molecule has 0 bridgehead atoms. The molecule has 0 aromatic carbocycles. The minimum Gasteiger partial charge on any atom is -0.481 e. The average Bonchev–Trinajstić information content (AvgIpc) is 3.03. The van der Waals surface area contributed by atoms with Gasteiger partial charge in [0.2, 0.25) is 5.88 Å². The van der Waals surface area contributed by atoms with Crippen molar-refractivity contribution in [3.8, 4) is 5.88 Å². The Hall–Kier alpha value is -2.31. The molecule has 0 atom stereocenters. The molecule has 23 heavy (non-hydrogen) atoms. The number of methoxy groups -OCH3 is 1. The number of pyridine rings is 1. The van der Waals surface area contributed by atoms with Crippen LogP contribution in [0.1, 0.15) is 32.6 Å². The quantitative estimate of drug-likeness (QED) is 0.864. The van der Waals surface area contributed by atoms with Crippen molar-refractivity contribution in [1.82, 2.24) is 15.6 Å². The molecule has 0 unspecified atom stereocenters. The number of hydrogen-bond acceptors (Lipinski definition) is 4. The lowest BCUT2D eigenvalue weighted by Crippen LogP contribution is -2.59. The standard InChI is InChI=1S/C16H24N4O3/c1-4-17-15(22)19-16(9-5-6-10-16)14(21)20(2)12-7-8-13(23-3)18-11-12/h7-8,11H,4-6,9-10H2,1-3H3,(H2,17,19,22). The van der Waals surface area contributed by atoms with Gasteiger partial charge in [0.15, 0.2) is 0 Å². The van der Waals surface area contributed by atoms with E-state index in [0.29, 0.717) is 31.0 Å². The van der Waals surface area contributed by atoms with Gasteiger partial charge in [-0.3, -0.25) is 4.79 Å². The normalized spacial score (nSPS) is 15.8. The second kappa shape index (κ2) is 7.30. The number of urea groups is 1. The number of rotatable bonds is 5. The molecule has 2 rings (SSSR count). The summed E-state index contributed by atoms with van der Waals surface area (Å²) in [5, 5.41) is 5.58. The summed E-state index contributed by atoms with van der Waals surface area (Å²) in [5.41, 5.74) is -0.173. The third kappa shape index (κ3) is 3.72. The summed E-state index contributed by atoms with van der Waals surface area (Å²) in [7, 11) is 3.24. The van der Waals surface area contributed by atoms with Crippen LogP contribution in [0.15, 0.2) is 18.3 Å². The van der Waals surface area contributed by atoms with Gasteiger partial charge in [0.1, 0.15) is 5.54 Å². The zero-order valence-electron chi connectivity index (χ0n) is 13.9. The van der Waals surface area contributed by atoms with Gasteiger partial charge in [-0.25, -0.2) is 9.78 Å². The van der Waals surface area contributed by atoms with Crippen LogP contribution in [-0.4, -0.2) is 43.2 Å². The van der Waals surface area contributed by atoms with Crippen LogP contribution in [0.5, 0.6) is 5.88 Å². The molecule has 1 aliphatic rings. The number of amides is 3. The zero-order chi connectivity index (χ0) is 16.9. The van der Waals surface area contributed by atoms with E-state index in [2.05, 4.69) is 15.6 Å². The second-order valence-corrected chi connectivity index (χ2v) is 5.70. The Balaban J connectivity index is 2.17. The molecule has 1 aromatic rings. The molecule has 0 spiro atoms. The van der Waals surface area contributed by atoms with E-state index < -0.39 is 5.54 Å². The molecule has 1 aromatic heterocycles. The molecule has 1 fully saturated rings. The third-order valence-corrected chi connectivity index (χ3v) is 4.18. The number of nitrogens with one attached hydrogen (secondary N) is 2. The van der Waals surface area contributed by atoms with Gasteiger partial charge in [-0.2, -0.15) is 0 Å². The van der Waals surface area contributed by atoms with E-state index in [1.807, 2.05) is 6.92 Å². The van der Waals surface area contributed by atoms with Gasteiger partial charge in [-0.05, 0) is 25.8 Å². The van der Waals surface area contributed by atoms with E-state index >= 15 is 0 Å². The van der Waals surface area contributed by atoms with E-state index in [1.165, 1.54) is 0 Å². The molecule has 0 saturated heterocycles. The fourth-order valence-corrected chi connectivity index (χ4v) is 2.92. The Morgan fingerprint density at radius 1 is 1.35 bits per heavy atom. The summed E-state index contributed by atoms with van der Waals surface area (Å²) in [5.74, 6) is 0.374. The highest BCUT2D eigenvalue weighted by molar-refractivity contribution is 6.02. The predicted octanol–water partition coefficient (Wildman–Crippen LogP) is 1.68. The summed E-state index contributed by atoms with van der Waals surface area (Å²) in [4.78, 5) is 30.6. The first-order valence-electron chi connectivity index (χ1n) is 7.86. The third-order valence-electron chi connectivity index (χ3n) is 4.18. The van der Waals surface area contributed by atoms with Crippen molar-refractivity contribution in [2.45, 2.75) is 38.1 Å². The van der Waals surface area contributed by atoms with Gasteiger partial charge in [-0.1, -0.05) is 12.8 Å². The summed E-state index contributed by atoms with van der Waals surface area (Å²) in [6.45, 7) is 2.37. The van der Waals surface area contributed by atoms with Gasteiger partial charge >= 0.3 is 6.03 Å². The zero-order valence-corrected chi connectivity index (χ0v) is 13.9. The molecule has 3 amide bonds. The number of ether oxygens (including phenoxy) is 1. The number of nitrogens with zero attached hydrogens (tertiary/aromatic N) is 2. The van der Waals surface area contributed by atoms with E-state index in [9.17, 15) is 9.59 Å². The van der Waals surface area contributed by atoms with E-state index in [-0.39, 0.29) is 11.9 Å². The maximum atomic E-state index is 13.0. The fraction of sp³-hybridized carbons (Fsp3) is 0.562. The van der Waals surface area contributed by atoms with Crippen LogP contribution < -0.4 is 20.3 Å². The second-order valence-electron chi connectivity index (χ2n) is 5.70. The number of carbonyl (C=O) groups excluding carboxylic acids is 2. The van der Waals surface area contributed by atoms with Gasteiger partial charge in [0, 0.05) is 19.7 Å². The van der Waals surface area contributed by atoms with E-state index in [4.69, 9.17) is 4.74 Å². The molecule has 0 aliphatic heterocycles. The maximum Gasteiger partial charge on any atom is 0.315 e. The predicted molar refractivity (Wildman–Crippen MR) is 87.6 cm³/mol. The molecule has 126 valence electrons. The lowest BCUT2D eigenvalue weighted by atomic mass is 9.95. The minimum absolute atomic E-state index is 0.117. The van der Waals surface area contributed by atoms with Gasteiger partial charge in [0.25, 0.3) is 5.91 Å². The van der Waals surface area contributed by atoms with Crippen molar-refractivity contribution in [2.24, 2.45) is 0 Å². The van der Waals surface area contributed by atoms with Crippen LogP contribution in [0, 0.1) is 0 Å². The van der Waals surface area contributed by atoms with Crippen molar-refractivity contribution < 1.29 is 14.3 Å². The minimum atomic E-state index is -0.839. The van der Waals surface area contributed by atoms with Crippen molar-refractivity contribution in [2.75, 3.05) is 25.6 Å². The SMILES string of the molecule is CCNC(=O)NC1(C(=O)N(C)c2ccc(OC)nc2)CCCC1. The van der Waals surface area contributed by atoms with Crippen LogP contribution in [0.25, 0.3) is 0 Å². The van der Waals surface area contributed by atoms with Crippen molar-refractivity contribution >= 4 is 17.6 Å². The van der Waals surface area contributed by atoms with Crippen LogP contribution in [0.4, 0.5) is 10.5 Å². The van der Waals surface area contributed by atoms with Crippen molar-refractivity contribution in [1.29, 1.82) is 0 Å². The number of likely N-dealkylation sites (N-methyl/N-ethyl adjacent to an activating group) is 1. The van der Waals surface area contributed by atoms with Crippen LogP contribution in [0.3, 0.4) is 0 Å². The van der Waals surface area contributed by atoms with Crippen molar-refractivity contribution in [3.63, 3.8) is 0 Å². The topological polar surface area (TPSA) is 83.6 Å². The average molecular weight is 320 g/mol. The highest BCUT2D eigenvalue weighted by atomic mass is 16.5. The molecule has 0 radical (unpaired) electrons. The van der Waals surface area contributed by atoms with Gasteiger partial charge < -0.3 is 20.3 Å². The Kier molecular flexibility index (Phi) is 5.41. The lowest BCUT2D eigenvalue weighted by Gasteiger charge is -2.33. The number of aromatic nitrogens is 1. The highest BCUT2D eigenvalue weighted by Crippen LogP contribution is 2.32. The molecule has 7 heteroatoms. The number of carbonyl (C=O) groups is 2. The molecule has 7 nitrogen and oxygen atoms in total. The number of anilines is 1. The monoisotopic (exact) mass is 320 g/mol. The van der Waals surface area contributed by atoms with E-state index in [1.54, 1.807) is 37.4 Å². The molecule has 1 saturated carbocycles. The van der Waals surface area contributed by atoms with Gasteiger partial charge in [0.05, 0.1) is 19.0 Å². The van der Waals surface area contributed by atoms with Crippen LogP contribution in [0.2, 0.25) is 0 Å². The first-order chi connectivity index (χ1) is 11.0. The van der Waals surface area contributed by atoms with E-state index in [0.717, 1.165) is 12.8 Å². The summed E-state index contributed by atoms with van der Waals surface area (Å²) in [6.07, 6.45) is 4.74. The smallest absolute Gasteiger partial charge is 0.315 e. The maximum absolute atomic E-state index is 13.0. The Morgan fingerprint density at radius 2 is 2.04 bits per heavy atom. The molecule has 1 heterocycles. The lowest BCUT2D eigenvalue weighted by molar-refractivity contribution is -0.124. The van der Waals surface area contributed by atoms with Gasteiger partial charge in [-0.15, -0.1) is 0 Å². The van der Waals surface area contributed by atoms with Crippen molar-refractivity contribution in [3.05, 3.63) is 18.3 Å². The Bertz CT molecular complexity index is 553. The molecule has 1 aliphatic carbocycles. The summed E-state index contributed by atoms with van der Waals surface area (Å²) in [6, 6.07) is 3.18. The first kappa shape index (κ1) is 17.1. The summed E-state index contributed by atoms with van der Waals surface area (Å²) >= 11 is 0.